The molecule has 1 aliphatic heterocycles. The van der Waals surface area contributed by atoms with Crippen molar-refractivity contribution in [3.63, 3.8) is 0 Å². The highest BCUT2D eigenvalue weighted by Gasteiger charge is 2.23. The van der Waals surface area contributed by atoms with E-state index in [-0.39, 0.29) is 23.2 Å². The van der Waals surface area contributed by atoms with Gasteiger partial charge in [-0.3, -0.25) is 14.9 Å². The second-order valence-corrected chi connectivity index (χ2v) is 6.20. The monoisotopic (exact) mass is 359 g/mol. The summed E-state index contributed by atoms with van der Waals surface area (Å²) in [7, 11) is 0. The highest BCUT2D eigenvalue weighted by atomic mass is 16.6. The van der Waals surface area contributed by atoms with E-state index < -0.39 is 4.92 Å². The van der Waals surface area contributed by atoms with Gasteiger partial charge in [-0.2, -0.15) is 0 Å². The highest BCUT2D eigenvalue weighted by Crippen LogP contribution is 2.27. The second kappa shape index (κ2) is 7.57. The molecular formula is C18H21N3O5. The third-order valence-corrected chi connectivity index (χ3v) is 4.32. The Morgan fingerprint density at radius 2 is 2.00 bits per heavy atom. The molecule has 1 amide bonds. The predicted molar refractivity (Wildman–Crippen MR) is 95.5 cm³/mol. The molecule has 1 aromatic carbocycles. The Bertz CT molecular complexity index is 811. The summed E-state index contributed by atoms with van der Waals surface area (Å²) >= 11 is 0. The van der Waals surface area contributed by atoms with Gasteiger partial charge in [0.1, 0.15) is 11.5 Å². The van der Waals surface area contributed by atoms with E-state index in [0.29, 0.717) is 37.8 Å². The lowest BCUT2D eigenvalue weighted by Crippen LogP contribution is -2.38. The van der Waals surface area contributed by atoms with Gasteiger partial charge in [0, 0.05) is 25.2 Å². The Hall–Kier alpha value is -2.87. The third-order valence-electron chi connectivity index (χ3n) is 4.32. The van der Waals surface area contributed by atoms with Crippen LogP contribution in [0.2, 0.25) is 0 Å². The number of aryl methyl sites for hydroxylation is 1. The molecule has 138 valence electrons. The van der Waals surface area contributed by atoms with Gasteiger partial charge in [0.25, 0.3) is 11.6 Å². The zero-order chi connectivity index (χ0) is 18.7. The Morgan fingerprint density at radius 1 is 1.27 bits per heavy atom. The number of hydrogen-bond donors (Lipinski definition) is 1. The first-order chi connectivity index (χ1) is 12.5. The number of nitrogens with one attached hydrogen (secondary N) is 1. The molecule has 1 aliphatic rings. The number of hydrogen-bond acceptors (Lipinski definition) is 6. The van der Waals surface area contributed by atoms with Gasteiger partial charge in [0.15, 0.2) is 0 Å². The Balaban J connectivity index is 1.88. The minimum absolute atomic E-state index is 0.117. The number of carbonyl (C=O) groups excluding carboxylic acids is 1. The van der Waals surface area contributed by atoms with Crippen molar-refractivity contribution in [1.82, 2.24) is 5.32 Å². The standard InChI is InChI=1S/C18H21N3O5/c1-12-3-6-17(26-12)13(2)19-18(22)15-11-14(21(23)24)4-5-16(15)20-7-9-25-10-8-20/h3-6,11,13H,7-10H2,1-2H3,(H,19,22). The fourth-order valence-corrected chi connectivity index (χ4v) is 2.93. The predicted octanol–water partition coefficient (Wildman–Crippen LogP) is 2.82. The summed E-state index contributed by atoms with van der Waals surface area (Å²) in [4.78, 5) is 25.5. The minimum Gasteiger partial charge on any atom is -0.464 e. The van der Waals surface area contributed by atoms with Crippen molar-refractivity contribution in [3.8, 4) is 0 Å². The lowest BCUT2D eigenvalue weighted by Gasteiger charge is -2.30. The normalized spacial score (nSPS) is 15.5. The summed E-state index contributed by atoms with van der Waals surface area (Å²) in [6, 6.07) is 7.63. The molecule has 0 aliphatic carbocycles. The van der Waals surface area contributed by atoms with Crippen molar-refractivity contribution in [2.24, 2.45) is 0 Å². The Kier molecular flexibility index (Phi) is 5.22. The molecule has 8 nitrogen and oxygen atoms in total. The van der Waals surface area contributed by atoms with E-state index in [9.17, 15) is 14.9 Å². The number of benzene rings is 1. The van der Waals surface area contributed by atoms with E-state index in [1.165, 1.54) is 12.1 Å². The van der Waals surface area contributed by atoms with Crippen LogP contribution in [0, 0.1) is 17.0 Å². The first-order valence-corrected chi connectivity index (χ1v) is 8.44. The van der Waals surface area contributed by atoms with Crippen LogP contribution in [0.3, 0.4) is 0 Å². The number of nitro groups is 1. The van der Waals surface area contributed by atoms with Crippen molar-refractivity contribution in [1.29, 1.82) is 0 Å². The molecular weight excluding hydrogens is 338 g/mol. The van der Waals surface area contributed by atoms with Gasteiger partial charge in [-0.1, -0.05) is 0 Å². The average Bonchev–Trinajstić information content (AvgIpc) is 3.08. The molecule has 1 saturated heterocycles. The first-order valence-electron chi connectivity index (χ1n) is 8.44. The molecule has 2 heterocycles. The van der Waals surface area contributed by atoms with Gasteiger partial charge >= 0.3 is 0 Å². The van der Waals surface area contributed by atoms with E-state index in [0.717, 1.165) is 5.76 Å². The van der Waals surface area contributed by atoms with Crippen molar-refractivity contribution in [2.45, 2.75) is 19.9 Å². The summed E-state index contributed by atoms with van der Waals surface area (Å²) in [6.07, 6.45) is 0. The Labute approximate surface area is 150 Å². The molecule has 1 fully saturated rings. The zero-order valence-corrected chi connectivity index (χ0v) is 14.7. The van der Waals surface area contributed by atoms with Crippen molar-refractivity contribution in [3.05, 3.63) is 57.5 Å². The van der Waals surface area contributed by atoms with Crippen LogP contribution in [0.15, 0.2) is 34.7 Å². The van der Waals surface area contributed by atoms with E-state index in [4.69, 9.17) is 9.15 Å². The second-order valence-electron chi connectivity index (χ2n) is 6.20. The fraction of sp³-hybridized carbons (Fsp3) is 0.389. The van der Waals surface area contributed by atoms with Gasteiger partial charge in [-0.15, -0.1) is 0 Å². The van der Waals surface area contributed by atoms with Crippen molar-refractivity contribution >= 4 is 17.3 Å². The Morgan fingerprint density at radius 3 is 2.62 bits per heavy atom. The van der Waals surface area contributed by atoms with Crippen LogP contribution in [0.5, 0.6) is 0 Å². The summed E-state index contributed by atoms with van der Waals surface area (Å²) in [5.41, 5.74) is 0.823. The van der Waals surface area contributed by atoms with E-state index in [1.54, 1.807) is 12.1 Å². The number of non-ortho nitro benzene ring substituents is 1. The molecule has 1 N–H and O–H groups in total. The fourth-order valence-electron chi connectivity index (χ4n) is 2.93. The lowest BCUT2D eigenvalue weighted by atomic mass is 10.1. The van der Waals surface area contributed by atoms with E-state index in [2.05, 4.69) is 5.32 Å². The molecule has 0 radical (unpaired) electrons. The maximum atomic E-state index is 12.8. The number of nitrogens with zero attached hydrogens (tertiary/aromatic N) is 2. The van der Waals surface area contributed by atoms with Crippen LogP contribution in [0.25, 0.3) is 0 Å². The maximum absolute atomic E-state index is 12.8. The smallest absolute Gasteiger partial charge is 0.270 e. The molecule has 26 heavy (non-hydrogen) atoms. The number of rotatable bonds is 5. The molecule has 0 spiro atoms. The van der Waals surface area contributed by atoms with E-state index in [1.807, 2.05) is 24.8 Å². The number of anilines is 1. The summed E-state index contributed by atoms with van der Waals surface area (Å²) in [5.74, 6) is 1.01. The van der Waals surface area contributed by atoms with Crippen LogP contribution in [0.4, 0.5) is 11.4 Å². The van der Waals surface area contributed by atoms with Gasteiger partial charge < -0.3 is 19.4 Å². The molecule has 0 saturated carbocycles. The first kappa shape index (κ1) is 17.9. The average molecular weight is 359 g/mol. The van der Waals surface area contributed by atoms with Crippen LogP contribution >= 0.6 is 0 Å². The largest absolute Gasteiger partial charge is 0.464 e. The van der Waals surface area contributed by atoms with Gasteiger partial charge in [-0.05, 0) is 32.0 Å². The SMILES string of the molecule is Cc1ccc(C(C)NC(=O)c2cc([N+](=O)[O-])ccc2N2CCOCC2)o1. The number of carbonyl (C=O) groups is 1. The van der Waals surface area contributed by atoms with Gasteiger partial charge in [0.05, 0.1) is 35.4 Å². The van der Waals surface area contributed by atoms with Gasteiger partial charge in [0.2, 0.25) is 0 Å². The zero-order valence-electron chi connectivity index (χ0n) is 14.7. The minimum atomic E-state index is -0.501. The molecule has 2 aromatic rings. The molecule has 3 rings (SSSR count). The molecule has 1 unspecified atom stereocenters. The van der Waals surface area contributed by atoms with Crippen LogP contribution in [0.1, 0.15) is 34.8 Å². The summed E-state index contributed by atoms with van der Waals surface area (Å²) < 4.78 is 10.9. The topological polar surface area (TPSA) is 97.8 Å². The van der Waals surface area contributed by atoms with Crippen LogP contribution in [-0.4, -0.2) is 37.1 Å². The maximum Gasteiger partial charge on any atom is 0.270 e. The highest BCUT2D eigenvalue weighted by molar-refractivity contribution is 6.00. The van der Waals surface area contributed by atoms with Gasteiger partial charge in [-0.25, -0.2) is 0 Å². The number of morpholine rings is 1. The van der Waals surface area contributed by atoms with E-state index >= 15 is 0 Å². The summed E-state index contributed by atoms with van der Waals surface area (Å²) in [5, 5.41) is 14.0. The third kappa shape index (κ3) is 3.85. The molecule has 1 aromatic heterocycles. The van der Waals surface area contributed by atoms with Crippen molar-refractivity contribution < 1.29 is 18.9 Å². The number of amides is 1. The quantitative estimate of drug-likeness (QED) is 0.651. The van der Waals surface area contributed by atoms with Crippen molar-refractivity contribution in [2.75, 3.05) is 31.2 Å². The number of ether oxygens (including phenoxy) is 1. The molecule has 1 atom stereocenters. The lowest BCUT2D eigenvalue weighted by molar-refractivity contribution is -0.384. The molecule has 8 heteroatoms. The number of furan rings is 1. The molecule has 0 bridgehead atoms. The van der Waals surface area contributed by atoms with Crippen LogP contribution in [-0.2, 0) is 4.74 Å². The summed E-state index contributed by atoms with van der Waals surface area (Å²) in [6.45, 7) is 6.01. The number of nitro benzene ring substituents is 1. The van der Waals surface area contributed by atoms with Crippen LogP contribution < -0.4 is 10.2 Å².